The Bertz CT molecular complexity index is 511. The summed E-state index contributed by atoms with van der Waals surface area (Å²) in [6, 6.07) is 0. The molecule has 0 bridgehead atoms. The molecule has 144 valence electrons. The second-order valence-corrected chi connectivity index (χ2v) is 5.60. The molecule has 0 aromatic carbocycles. The number of rotatable bonds is 4. The van der Waals surface area contributed by atoms with Crippen molar-refractivity contribution in [3.63, 3.8) is 0 Å². The molecule has 13 nitrogen and oxygen atoms in total. The zero-order valence-corrected chi connectivity index (χ0v) is 12.4. The van der Waals surface area contributed by atoms with E-state index in [4.69, 9.17) is 19.7 Å². The number of aliphatic hydroxyl groups excluding tert-OH is 6. The zero-order valence-electron chi connectivity index (χ0n) is 12.4. The molecule has 2 aliphatic rings. The van der Waals surface area contributed by atoms with Crippen molar-refractivity contribution in [2.45, 2.75) is 61.4 Å². The second-order valence-electron chi connectivity index (χ2n) is 5.60. The van der Waals surface area contributed by atoms with Crippen LogP contribution in [0.15, 0.2) is 0 Å². The Morgan fingerprint density at radius 1 is 0.680 bits per heavy atom. The number of carboxylic acid groups (broad SMARTS) is 2. The Hall–Kier alpha value is -1.42. The predicted octanol–water partition coefficient (Wildman–Crippen LogP) is -5.21. The van der Waals surface area contributed by atoms with Crippen molar-refractivity contribution in [3.05, 3.63) is 0 Å². The summed E-state index contributed by atoms with van der Waals surface area (Å²) in [7, 11) is 0. The fourth-order valence-corrected chi connectivity index (χ4v) is 2.52. The van der Waals surface area contributed by atoms with Gasteiger partial charge in [-0.05, 0) is 0 Å². The van der Waals surface area contributed by atoms with Gasteiger partial charge in [0.05, 0.1) is 0 Å². The van der Waals surface area contributed by atoms with Crippen LogP contribution in [0.2, 0.25) is 0 Å². The topological polar surface area (TPSA) is 224 Å². The normalized spacial score (nSPS) is 48.1. The third kappa shape index (κ3) is 3.74. The van der Waals surface area contributed by atoms with Crippen LogP contribution in [0, 0.1) is 0 Å². The van der Waals surface area contributed by atoms with Crippen LogP contribution in [-0.4, -0.2) is 114 Å². The molecule has 2 aliphatic heterocycles. The third-order valence-corrected chi connectivity index (χ3v) is 3.91. The minimum atomic E-state index is -2.03. The molecule has 0 radical (unpaired) electrons. The number of aliphatic carboxylic acids is 2. The molecule has 13 heteroatoms. The Morgan fingerprint density at radius 2 is 1.24 bits per heavy atom. The largest absolute Gasteiger partial charge is 0.479 e. The first-order valence-corrected chi connectivity index (χ1v) is 7.06. The highest BCUT2D eigenvalue weighted by Crippen LogP contribution is 2.28. The van der Waals surface area contributed by atoms with Crippen molar-refractivity contribution in [1.82, 2.24) is 0 Å². The lowest BCUT2D eigenvalue weighted by Crippen LogP contribution is -2.65. The van der Waals surface area contributed by atoms with E-state index in [1.807, 2.05) is 0 Å². The molecule has 0 aromatic rings. The molecule has 0 spiro atoms. The highest BCUT2D eigenvalue weighted by atomic mass is 16.7. The van der Waals surface area contributed by atoms with Gasteiger partial charge in [-0.3, -0.25) is 0 Å². The summed E-state index contributed by atoms with van der Waals surface area (Å²) in [5.74, 6) is -3.39. The van der Waals surface area contributed by atoms with Crippen LogP contribution < -0.4 is 0 Å². The van der Waals surface area contributed by atoms with E-state index in [9.17, 15) is 40.2 Å². The Kier molecular flexibility index (Phi) is 5.93. The molecule has 0 amide bonds. The van der Waals surface area contributed by atoms with Gasteiger partial charge in [0.1, 0.15) is 36.6 Å². The van der Waals surface area contributed by atoms with Gasteiger partial charge in [0.25, 0.3) is 0 Å². The number of hydrogen-bond acceptors (Lipinski definition) is 11. The van der Waals surface area contributed by atoms with Crippen LogP contribution in [-0.2, 0) is 23.8 Å². The number of hydrogen-bond donors (Lipinski definition) is 8. The fourth-order valence-electron chi connectivity index (χ4n) is 2.52. The second kappa shape index (κ2) is 7.45. The quantitative estimate of drug-likeness (QED) is 0.232. The fraction of sp³-hybridized carbons (Fsp3) is 0.833. The summed E-state index contributed by atoms with van der Waals surface area (Å²) < 4.78 is 14.4. The van der Waals surface area contributed by atoms with E-state index in [1.165, 1.54) is 0 Å². The van der Waals surface area contributed by atoms with Gasteiger partial charge >= 0.3 is 11.9 Å². The molecule has 10 atom stereocenters. The minimum absolute atomic E-state index is 1.70. The van der Waals surface area contributed by atoms with Crippen molar-refractivity contribution in [1.29, 1.82) is 0 Å². The first kappa shape index (κ1) is 19.9. The first-order chi connectivity index (χ1) is 11.6. The molecule has 0 aromatic heterocycles. The summed E-state index contributed by atoms with van der Waals surface area (Å²) >= 11 is 0. The van der Waals surface area contributed by atoms with Gasteiger partial charge < -0.3 is 55.1 Å². The van der Waals surface area contributed by atoms with E-state index >= 15 is 0 Å². The van der Waals surface area contributed by atoms with Crippen molar-refractivity contribution < 1.29 is 64.7 Å². The predicted molar refractivity (Wildman–Crippen MR) is 69.7 cm³/mol. The van der Waals surface area contributed by atoms with Gasteiger partial charge in [-0.15, -0.1) is 0 Å². The molecule has 8 N–H and O–H groups in total. The number of carbonyl (C=O) groups is 2. The maximum absolute atomic E-state index is 11.2. The van der Waals surface area contributed by atoms with Crippen molar-refractivity contribution >= 4 is 11.9 Å². The monoisotopic (exact) mass is 370 g/mol. The molecule has 2 fully saturated rings. The van der Waals surface area contributed by atoms with Crippen LogP contribution in [0.25, 0.3) is 0 Å². The van der Waals surface area contributed by atoms with Gasteiger partial charge in [-0.1, -0.05) is 0 Å². The summed E-state index contributed by atoms with van der Waals surface area (Å²) in [5.41, 5.74) is 0. The first-order valence-electron chi connectivity index (χ1n) is 7.06. The van der Waals surface area contributed by atoms with Crippen LogP contribution in [0.1, 0.15) is 0 Å². The summed E-state index contributed by atoms with van der Waals surface area (Å²) in [6.07, 6.45) is -19.9. The van der Waals surface area contributed by atoms with E-state index in [0.29, 0.717) is 0 Å². The Labute approximate surface area is 139 Å². The van der Waals surface area contributed by atoms with Crippen molar-refractivity contribution in [3.8, 4) is 0 Å². The van der Waals surface area contributed by atoms with Crippen LogP contribution >= 0.6 is 0 Å². The molecular formula is C12H18O13. The zero-order chi connectivity index (χ0) is 19.0. The minimum Gasteiger partial charge on any atom is -0.479 e. The number of aliphatic hydroxyl groups is 6. The standard InChI is InChI=1S/C12H18O13/c13-1-2(14)7(9(18)19)25-12(5(1)17)24-6-3(15)4(16)11(22)23-8(6)10(20)21/h1-8,11-17,22H,(H,18,19)(H,20,21)/t1-,2+,3+,4+,5+,6+,7-,8-,11?,12?/m0/s1. The Balaban J connectivity index is 2.22. The van der Waals surface area contributed by atoms with Crippen LogP contribution in [0.5, 0.6) is 0 Å². The number of carboxylic acids is 2. The van der Waals surface area contributed by atoms with E-state index in [2.05, 4.69) is 4.74 Å². The van der Waals surface area contributed by atoms with Crippen LogP contribution in [0.3, 0.4) is 0 Å². The highest BCUT2D eigenvalue weighted by Gasteiger charge is 2.53. The van der Waals surface area contributed by atoms with Gasteiger partial charge in [-0.2, -0.15) is 0 Å². The maximum Gasteiger partial charge on any atom is 0.335 e. The van der Waals surface area contributed by atoms with Gasteiger partial charge in [-0.25, -0.2) is 9.59 Å². The van der Waals surface area contributed by atoms with Gasteiger partial charge in [0.2, 0.25) is 0 Å². The number of ether oxygens (including phenoxy) is 3. The van der Waals surface area contributed by atoms with E-state index in [0.717, 1.165) is 0 Å². The molecule has 25 heavy (non-hydrogen) atoms. The summed E-state index contributed by atoms with van der Waals surface area (Å²) in [6.45, 7) is 0. The molecular weight excluding hydrogens is 352 g/mol. The molecule has 2 heterocycles. The van der Waals surface area contributed by atoms with Crippen molar-refractivity contribution in [2.75, 3.05) is 0 Å². The molecule has 0 aliphatic carbocycles. The lowest BCUT2D eigenvalue weighted by Gasteiger charge is -2.44. The lowest BCUT2D eigenvalue weighted by atomic mass is 9.96. The third-order valence-electron chi connectivity index (χ3n) is 3.91. The van der Waals surface area contributed by atoms with E-state index in [-0.39, 0.29) is 0 Å². The molecule has 0 saturated carbocycles. The average molecular weight is 370 g/mol. The van der Waals surface area contributed by atoms with Gasteiger partial charge in [0.15, 0.2) is 24.8 Å². The molecule has 2 rings (SSSR count). The Morgan fingerprint density at radius 3 is 1.76 bits per heavy atom. The van der Waals surface area contributed by atoms with E-state index in [1.54, 1.807) is 0 Å². The summed E-state index contributed by atoms with van der Waals surface area (Å²) in [4.78, 5) is 22.2. The summed E-state index contributed by atoms with van der Waals surface area (Å²) in [5, 5.41) is 75.9. The smallest absolute Gasteiger partial charge is 0.335 e. The average Bonchev–Trinajstić information content (AvgIpc) is 2.54. The van der Waals surface area contributed by atoms with Gasteiger partial charge in [0, 0.05) is 0 Å². The highest BCUT2D eigenvalue weighted by molar-refractivity contribution is 5.74. The van der Waals surface area contributed by atoms with Crippen molar-refractivity contribution in [2.24, 2.45) is 0 Å². The lowest BCUT2D eigenvalue weighted by molar-refractivity contribution is -0.346. The van der Waals surface area contributed by atoms with E-state index < -0.39 is 73.4 Å². The van der Waals surface area contributed by atoms with Crippen LogP contribution in [0.4, 0.5) is 0 Å². The maximum atomic E-state index is 11.2. The molecule has 2 saturated heterocycles. The SMILES string of the molecule is O=C(O)[C@H]1OC(O[C@@H]2[C@H](O)[C@@H](O)C(O)O[C@@H]2C(=O)O)[C@H](O)[C@@H](O)[C@H]1O. The molecule has 2 unspecified atom stereocenters.